The minimum Gasteiger partial charge on any atom is -0.484 e. The maximum Gasteiger partial charge on any atom is 0.321 e. The Balaban J connectivity index is 2.39. The minimum absolute atomic E-state index is 0.280. The quantitative estimate of drug-likeness (QED) is 0.817. The number of carbonyl (C=O) groups is 3. The van der Waals surface area contributed by atoms with Crippen molar-refractivity contribution in [2.75, 3.05) is 6.61 Å². The smallest absolute Gasteiger partial charge is 0.321 e. The molecule has 0 aromatic heterocycles. The minimum atomic E-state index is -0.567. The van der Waals surface area contributed by atoms with E-state index in [0.717, 1.165) is 0 Å². The van der Waals surface area contributed by atoms with E-state index < -0.39 is 17.5 Å². The van der Waals surface area contributed by atoms with E-state index in [-0.39, 0.29) is 6.61 Å². The summed E-state index contributed by atoms with van der Waals surface area (Å²) in [6, 6.07) is 5.74. The van der Waals surface area contributed by atoms with E-state index >= 15 is 0 Å². The molecule has 6 nitrogen and oxygen atoms in total. The molecular formula is C14H18N2O4. The highest BCUT2D eigenvalue weighted by atomic mass is 16.5. The molecule has 0 atom stereocenters. The zero-order valence-electron chi connectivity index (χ0n) is 11.7. The fourth-order valence-electron chi connectivity index (χ4n) is 1.33. The number of benzene rings is 1. The second-order valence-corrected chi connectivity index (χ2v) is 5.23. The summed E-state index contributed by atoms with van der Waals surface area (Å²) in [6.45, 7) is 5.14. The lowest BCUT2D eigenvalue weighted by Crippen LogP contribution is -2.49. The van der Waals surface area contributed by atoms with Gasteiger partial charge in [0.1, 0.15) is 12.0 Å². The molecule has 0 radical (unpaired) electrons. The average molecular weight is 278 g/mol. The van der Waals surface area contributed by atoms with Crippen LogP contribution in [0.4, 0.5) is 4.79 Å². The Labute approximate surface area is 117 Å². The van der Waals surface area contributed by atoms with Gasteiger partial charge in [0.15, 0.2) is 6.61 Å². The Bertz CT molecular complexity index is 489. The monoisotopic (exact) mass is 278 g/mol. The van der Waals surface area contributed by atoms with Gasteiger partial charge in [0.2, 0.25) is 0 Å². The SMILES string of the molecule is CC(C)(C)NC(=O)NC(=O)COc1ccc(C=O)cc1. The third-order valence-corrected chi connectivity index (χ3v) is 2.13. The first kappa shape index (κ1) is 15.7. The number of hydrogen-bond donors (Lipinski definition) is 2. The van der Waals surface area contributed by atoms with Crippen LogP contribution in [0.15, 0.2) is 24.3 Å². The summed E-state index contributed by atoms with van der Waals surface area (Å²) in [5.41, 5.74) is 0.0990. The molecule has 0 bridgehead atoms. The van der Waals surface area contributed by atoms with Crippen molar-refractivity contribution in [3.63, 3.8) is 0 Å². The van der Waals surface area contributed by atoms with Crippen LogP contribution in [0.5, 0.6) is 5.75 Å². The molecule has 20 heavy (non-hydrogen) atoms. The number of ether oxygens (including phenoxy) is 1. The van der Waals surface area contributed by atoms with Gasteiger partial charge in [0.25, 0.3) is 5.91 Å². The first-order chi connectivity index (χ1) is 9.30. The molecule has 1 aromatic carbocycles. The van der Waals surface area contributed by atoms with Crippen LogP contribution in [-0.4, -0.2) is 30.4 Å². The molecule has 0 aliphatic rings. The molecule has 0 heterocycles. The molecule has 0 saturated carbocycles. The second kappa shape index (κ2) is 6.70. The predicted molar refractivity (Wildman–Crippen MR) is 73.8 cm³/mol. The Kier molecular flexibility index (Phi) is 5.25. The number of amides is 3. The summed E-state index contributed by atoms with van der Waals surface area (Å²) in [5.74, 6) is -0.104. The highest BCUT2D eigenvalue weighted by molar-refractivity contribution is 5.95. The topological polar surface area (TPSA) is 84.5 Å². The van der Waals surface area contributed by atoms with Crippen LogP contribution >= 0.6 is 0 Å². The summed E-state index contributed by atoms with van der Waals surface area (Å²) in [5, 5.41) is 4.76. The second-order valence-electron chi connectivity index (χ2n) is 5.23. The molecule has 0 spiro atoms. The first-order valence-electron chi connectivity index (χ1n) is 6.10. The number of imide groups is 1. The summed E-state index contributed by atoms with van der Waals surface area (Å²) >= 11 is 0. The molecule has 1 aromatic rings. The Morgan fingerprint density at radius 2 is 1.80 bits per heavy atom. The Hall–Kier alpha value is -2.37. The van der Waals surface area contributed by atoms with Crippen molar-refractivity contribution in [1.29, 1.82) is 0 Å². The first-order valence-corrected chi connectivity index (χ1v) is 6.10. The molecule has 3 amide bonds. The van der Waals surface area contributed by atoms with Crippen LogP contribution in [0.2, 0.25) is 0 Å². The van der Waals surface area contributed by atoms with Gasteiger partial charge in [-0.3, -0.25) is 14.9 Å². The third kappa shape index (κ3) is 5.99. The van der Waals surface area contributed by atoms with Crippen LogP contribution < -0.4 is 15.4 Å². The molecule has 0 unspecified atom stereocenters. The molecule has 6 heteroatoms. The summed E-state index contributed by atoms with van der Waals surface area (Å²) in [6.07, 6.45) is 0.716. The number of urea groups is 1. The van der Waals surface area contributed by atoms with Crippen LogP contribution in [0, 0.1) is 0 Å². The summed E-state index contributed by atoms with van der Waals surface area (Å²) < 4.78 is 5.19. The van der Waals surface area contributed by atoms with Gasteiger partial charge in [0, 0.05) is 11.1 Å². The molecule has 0 aliphatic carbocycles. The zero-order valence-corrected chi connectivity index (χ0v) is 11.7. The highest BCUT2D eigenvalue weighted by Crippen LogP contribution is 2.10. The predicted octanol–water partition coefficient (Wildman–Crippen LogP) is 1.50. The van der Waals surface area contributed by atoms with Crippen molar-refractivity contribution < 1.29 is 19.1 Å². The molecule has 108 valence electrons. The number of rotatable bonds is 4. The Morgan fingerprint density at radius 1 is 1.20 bits per heavy atom. The van der Waals surface area contributed by atoms with E-state index in [4.69, 9.17) is 4.74 Å². The van der Waals surface area contributed by atoms with Crippen molar-refractivity contribution in [3.8, 4) is 5.75 Å². The summed E-state index contributed by atoms with van der Waals surface area (Å²) in [7, 11) is 0. The van der Waals surface area contributed by atoms with E-state index in [0.29, 0.717) is 17.6 Å². The summed E-state index contributed by atoms with van der Waals surface area (Å²) in [4.78, 5) is 33.4. The number of hydrogen-bond acceptors (Lipinski definition) is 4. The average Bonchev–Trinajstić information content (AvgIpc) is 2.34. The Morgan fingerprint density at radius 3 is 2.30 bits per heavy atom. The normalized spacial score (nSPS) is 10.6. The number of nitrogens with one attached hydrogen (secondary N) is 2. The third-order valence-electron chi connectivity index (χ3n) is 2.13. The van der Waals surface area contributed by atoms with Gasteiger partial charge in [-0.15, -0.1) is 0 Å². The van der Waals surface area contributed by atoms with Crippen LogP contribution in [0.3, 0.4) is 0 Å². The fourth-order valence-corrected chi connectivity index (χ4v) is 1.33. The maximum atomic E-state index is 11.5. The van der Waals surface area contributed by atoms with Gasteiger partial charge in [-0.2, -0.15) is 0 Å². The number of carbonyl (C=O) groups excluding carboxylic acids is 3. The maximum absolute atomic E-state index is 11.5. The largest absolute Gasteiger partial charge is 0.484 e. The van der Waals surface area contributed by atoms with E-state index in [1.54, 1.807) is 24.3 Å². The molecule has 2 N–H and O–H groups in total. The van der Waals surface area contributed by atoms with E-state index in [1.165, 1.54) is 0 Å². The van der Waals surface area contributed by atoms with Gasteiger partial charge in [0.05, 0.1) is 0 Å². The van der Waals surface area contributed by atoms with Crippen molar-refractivity contribution in [3.05, 3.63) is 29.8 Å². The van der Waals surface area contributed by atoms with Crippen molar-refractivity contribution in [2.45, 2.75) is 26.3 Å². The van der Waals surface area contributed by atoms with Crippen molar-refractivity contribution >= 4 is 18.2 Å². The van der Waals surface area contributed by atoms with Gasteiger partial charge < -0.3 is 10.1 Å². The van der Waals surface area contributed by atoms with Crippen molar-refractivity contribution in [2.24, 2.45) is 0 Å². The van der Waals surface area contributed by atoms with Crippen LogP contribution in [0.1, 0.15) is 31.1 Å². The van der Waals surface area contributed by atoms with E-state index in [1.807, 2.05) is 20.8 Å². The van der Waals surface area contributed by atoms with Gasteiger partial charge in [-0.05, 0) is 45.0 Å². The number of aldehydes is 1. The standard InChI is InChI=1S/C14H18N2O4/c1-14(2,3)16-13(19)15-12(18)9-20-11-6-4-10(8-17)5-7-11/h4-8H,9H2,1-3H3,(H2,15,16,18,19). The molecule has 0 fully saturated rings. The lowest BCUT2D eigenvalue weighted by molar-refractivity contribution is -0.122. The zero-order chi connectivity index (χ0) is 15.2. The molecule has 0 saturated heterocycles. The van der Waals surface area contributed by atoms with Crippen molar-refractivity contribution in [1.82, 2.24) is 10.6 Å². The van der Waals surface area contributed by atoms with Gasteiger partial charge in [-0.25, -0.2) is 4.79 Å². The lowest BCUT2D eigenvalue weighted by atomic mass is 10.1. The highest BCUT2D eigenvalue weighted by Gasteiger charge is 2.15. The van der Waals surface area contributed by atoms with Gasteiger partial charge in [-0.1, -0.05) is 0 Å². The van der Waals surface area contributed by atoms with Crippen LogP contribution in [-0.2, 0) is 4.79 Å². The fraction of sp³-hybridized carbons (Fsp3) is 0.357. The molecule has 1 rings (SSSR count). The lowest BCUT2D eigenvalue weighted by Gasteiger charge is -2.20. The molecule has 0 aliphatic heterocycles. The van der Waals surface area contributed by atoms with Gasteiger partial charge >= 0.3 is 6.03 Å². The van der Waals surface area contributed by atoms with Crippen LogP contribution in [0.25, 0.3) is 0 Å². The van der Waals surface area contributed by atoms with E-state index in [2.05, 4.69) is 10.6 Å². The van der Waals surface area contributed by atoms with E-state index in [9.17, 15) is 14.4 Å². The molecular weight excluding hydrogens is 260 g/mol.